The lowest BCUT2D eigenvalue weighted by Gasteiger charge is -2.34. The largest absolute Gasteiger partial charge is 0.483 e. The van der Waals surface area contributed by atoms with Crippen LogP contribution in [0, 0.1) is 0 Å². The highest BCUT2D eigenvalue weighted by atomic mass is 32.2. The minimum absolute atomic E-state index is 0.220. The number of nitrogens with zero attached hydrogens (tertiary/aromatic N) is 2. The van der Waals surface area contributed by atoms with Crippen LogP contribution in [0.25, 0.3) is 0 Å². The molecule has 2 aliphatic heterocycles. The average molecular weight is 355 g/mol. The summed E-state index contributed by atoms with van der Waals surface area (Å²) < 4.78 is 28.8. The molecule has 2 heterocycles. The maximum Gasteiger partial charge on any atom is 0.290 e. The summed E-state index contributed by atoms with van der Waals surface area (Å²) >= 11 is 0. The van der Waals surface area contributed by atoms with Gasteiger partial charge in [-0.15, -0.1) is 0 Å². The quantitative estimate of drug-likeness (QED) is 0.775. The number of hydrogen-bond acceptors (Lipinski definition) is 4. The molecule has 0 amide bonds. The molecule has 1 unspecified atom stereocenters. The molecule has 1 aromatic rings. The summed E-state index contributed by atoms with van der Waals surface area (Å²) in [5.41, 5.74) is 2.68. The zero-order chi connectivity index (χ0) is 17.6. The van der Waals surface area contributed by atoms with Gasteiger partial charge in [-0.05, 0) is 37.4 Å². The van der Waals surface area contributed by atoms with Crippen molar-refractivity contribution >= 4 is 16.7 Å². The van der Waals surface area contributed by atoms with Crippen molar-refractivity contribution in [2.24, 2.45) is 0 Å². The van der Waals surface area contributed by atoms with Crippen LogP contribution < -0.4 is 4.72 Å². The molecule has 0 aliphatic carbocycles. The summed E-state index contributed by atoms with van der Waals surface area (Å²) in [6.07, 6.45) is 2.84. The number of hydrogen-bond donors (Lipinski definition) is 2. The second-order valence-electron chi connectivity index (χ2n) is 6.11. The van der Waals surface area contributed by atoms with Crippen molar-refractivity contribution in [1.29, 1.82) is 0 Å². The van der Waals surface area contributed by atoms with Gasteiger partial charge in [0.25, 0.3) is 16.7 Å². The minimum atomic E-state index is -3.30. The first-order valence-electron chi connectivity index (χ1n) is 8.07. The Morgan fingerprint density at radius 3 is 2.46 bits per heavy atom. The van der Waals surface area contributed by atoms with Crippen molar-refractivity contribution in [3.8, 4) is 0 Å². The molecule has 0 spiro atoms. The van der Waals surface area contributed by atoms with Crippen molar-refractivity contribution < 1.29 is 18.3 Å². The fraction of sp³-hybridized carbons (Fsp3) is 0.562. The first-order valence-corrected chi connectivity index (χ1v) is 9.51. The zero-order valence-electron chi connectivity index (χ0n) is 13.9. The van der Waals surface area contributed by atoms with Gasteiger partial charge in [-0.25, -0.2) is 4.72 Å². The molecule has 134 valence electrons. The fourth-order valence-corrected chi connectivity index (χ4v) is 4.49. The van der Waals surface area contributed by atoms with Gasteiger partial charge >= 0.3 is 0 Å². The Kier molecular flexibility index (Phi) is 6.73. The normalized spacial score (nSPS) is 21.6. The van der Waals surface area contributed by atoms with Crippen molar-refractivity contribution in [1.82, 2.24) is 13.9 Å². The Labute approximate surface area is 143 Å². The maximum absolute atomic E-state index is 12.2. The third-order valence-electron chi connectivity index (χ3n) is 4.52. The van der Waals surface area contributed by atoms with Gasteiger partial charge in [-0.3, -0.25) is 9.69 Å². The molecule has 1 fully saturated rings. The lowest BCUT2D eigenvalue weighted by molar-refractivity contribution is -0.122. The summed E-state index contributed by atoms with van der Waals surface area (Å²) in [5.74, 6) is 0. The van der Waals surface area contributed by atoms with Crippen LogP contribution in [-0.2, 0) is 28.0 Å². The number of likely N-dealkylation sites (N-methyl/N-ethyl adjacent to an activating group) is 1. The van der Waals surface area contributed by atoms with Gasteiger partial charge in [-0.1, -0.05) is 24.3 Å². The van der Waals surface area contributed by atoms with Gasteiger partial charge in [-0.2, -0.15) is 12.7 Å². The SMILES string of the molecule is CN1Cc2ccccc2CC1CNS(=O)(=O)N1CCCC1.O=CO. The highest BCUT2D eigenvalue weighted by Gasteiger charge is 2.28. The lowest BCUT2D eigenvalue weighted by atomic mass is 9.95. The highest BCUT2D eigenvalue weighted by molar-refractivity contribution is 7.87. The van der Waals surface area contributed by atoms with E-state index < -0.39 is 10.2 Å². The third kappa shape index (κ3) is 4.76. The van der Waals surface area contributed by atoms with E-state index in [1.54, 1.807) is 4.31 Å². The van der Waals surface area contributed by atoms with Crippen LogP contribution >= 0.6 is 0 Å². The smallest absolute Gasteiger partial charge is 0.290 e. The fourth-order valence-electron chi connectivity index (χ4n) is 3.17. The predicted octanol–water partition coefficient (Wildman–Crippen LogP) is 0.674. The molecule has 0 radical (unpaired) electrons. The first-order chi connectivity index (χ1) is 11.5. The van der Waals surface area contributed by atoms with Crippen LogP contribution in [-0.4, -0.2) is 61.9 Å². The Morgan fingerprint density at radius 2 is 1.83 bits per heavy atom. The molecule has 7 nitrogen and oxygen atoms in total. The van der Waals surface area contributed by atoms with E-state index in [9.17, 15) is 8.42 Å². The summed E-state index contributed by atoms with van der Waals surface area (Å²) in [5, 5.41) is 6.89. The van der Waals surface area contributed by atoms with Gasteiger partial charge in [0.15, 0.2) is 0 Å². The van der Waals surface area contributed by atoms with Crippen LogP contribution in [0.5, 0.6) is 0 Å². The molecule has 1 aromatic carbocycles. The number of fused-ring (bicyclic) bond motifs is 1. The van der Waals surface area contributed by atoms with Crippen LogP contribution in [0.1, 0.15) is 24.0 Å². The summed E-state index contributed by atoms with van der Waals surface area (Å²) in [6, 6.07) is 8.62. The van der Waals surface area contributed by atoms with Crippen molar-refractivity contribution in [3.63, 3.8) is 0 Å². The zero-order valence-corrected chi connectivity index (χ0v) is 14.7. The standard InChI is InChI=1S/C15H23N3O2S.CH2O2/c1-17-12-14-7-3-2-6-13(14)10-15(17)11-16-21(19,20)18-8-4-5-9-18;2-1-3/h2-3,6-7,15-16H,4-5,8-12H2,1H3;1H,(H,2,3). The summed E-state index contributed by atoms with van der Waals surface area (Å²) in [4.78, 5) is 10.6. The van der Waals surface area contributed by atoms with Crippen molar-refractivity contribution in [2.75, 3.05) is 26.7 Å². The molecule has 8 heteroatoms. The van der Waals surface area contributed by atoms with Crippen LogP contribution in [0.4, 0.5) is 0 Å². The van der Waals surface area contributed by atoms with E-state index in [-0.39, 0.29) is 12.5 Å². The number of carbonyl (C=O) groups is 1. The van der Waals surface area contributed by atoms with E-state index in [1.165, 1.54) is 11.1 Å². The molecule has 3 rings (SSSR count). The number of nitrogens with one attached hydrogen (secondary N) is 1. The van der Waals surface area contributed by atoms with E-state index in [4.69, 9.17) is 9.90 Å². The average Bonchev–Trinajstić information content (AvgIpc) is 3.09. The Balaban J connectivity index is 0.000000647. The summed E-state index contributed by atoms with van der Waals surface area (Å²) in [7, 11) is -1.24. The first kappa shape index (κ1) is 18.9. The molecule has 2 N–H and O–H groups in total. The van der Waals surface area contributed by atoms with Crippen molar-refractivity contribution in [3.05, 3.63) is 35.4 Å². The molecule has 24 heavy (non-hydrogen) atoms. The lowest BCUT2D eigenvalue weighted by Crippen LogP contribution is -2.48. The molecular formula is C16H25N3O4S. The highest BCUT2D eigenvalue weighted by Crippen LogP contribution is 2.21. The van der Waals surface area contributed by atoms with E-state index in [1.807, 2.05) is 0 Å². The van der Waals surface area contributed by atoms with Gasteiger partial charge in [0, 0.05) is 32.2 Å². The van der Waals surface area contributed by atoms with Gasteiger partial charge in [0.2, 0.25) is 0 Å². The molecule has 0 aromatic heterocycles. The third-order valence-corrected chi connectivity index (χ3v) is 6.10. The van der Waals surface area contributed by atoms with Crippen LogP contribution in [0.2, 0.25) is 0 Å². The second kappa shape index (κ2) is 8.57. The van der Waals surface area contributed by atoms with Crippen LogP contribution in [0.15, 0.2) is 24.3 Å². The maximum atomic E-state index is 12.2. The number of benzene rings is 1. The van der Waals surface area contributed by atoms with Crippen molar-refractivity contribution in [2.45, 2.75) is 31.8 Å². The summed E-state index contributed by atoms with van der Waals surface area (Å²) in [6.45, 7) is 2.41. The monoisotopic (exact) mass is 355 g/mol. The molecule has 0 bridgehead atoms. The van der Waals surface area contributed by atoms with Crippen LogP contribution in [0.3, 0.4) is 0 Å². The minimum Gasteiger partial charge on any atom is -0.483 e. The molecule has 1 atom stereocenters. The topological polar surface area (TPSA) is 90.0 Å². The Bertz CT molecular complexity index is 644. The van der Waals surface area contributed by atoms with E-state index in [0.29, 0.717) is 19.6 Å². The van der Waals surface area contributed by atoms with Gasteiger partial charge in [0.1, 0.15) is 0 Å². The molecular weight excluding hydrogens is 330 g/mol. The van der Waals surface area contributed by atoms with E-state index in [0.717, 1.165) is 25.8 Å². The molecule has 2 aliphatic rings. The van der Waals surface area contributed by atoms with Gasteiger partial charge < -0.3 is 5.11 Å². The van der Waals surface area contributed by atoms with E-state index in [2.05, 4.69) is 40.9 Å². The second-order valence-corrected chi connectivity index (χ2v) is 7.86. The number of carboxylic acid groups (broad SMARTS) is 1. The molecule has 1 saturated heterocycles. The number of rotatable bonds is 4. The van der Waals surface area contributed by atoms with E-state index >= 15 is 0 Å². The molecule has 0 saturated carbocycles. The Hall–Kier alpha value is -1.48. The Morgan fingerprint density at radius 1 is 1.25 bits per heavy atom. The predicted molar refractivity (Wildman–Crippen MR) is 91.8 cm³/mol. The van der Waals surface area contributed by atoms with Gasteiger partial charge in [0.05, 0.1) is 0 Å².